The Balaban J connectivity index is 1.78. The second kappa shape index (κ2) is 13.3. The van der Waals surface area contributed by atoms with Crippen LogP contribution in [0.25, 0.3) is 0 Å². The van der Waals surface area contributed by atoms with Crippen molar-refractivity contribution in [2.45, 2.75) is 13.8 Å². The van der Waals surface area contributed by atoms with E-state index in [9.17, 15) is 19.2 Å². The molecule has 0 saturated heterocycles. The summed E-state index contributed by atoms with van der Waals surface area (Å²) in [5.41, 5.74) is 2.65. The number of carbonyl (C=O) groups is 4. The van der Waals surface area contributed by atoms with Crippen molar-refractivity contribution in [1.29, 1.82) is 0 Å². The fraction of sp³-hybridized carbons (Fsp3) is 0.231. The van der Waals surface area contributed by atoms with Crippen LogP contribution < -0.4 is 5.32 Å². The summed E-state index contributed by atoms with van der Waals surface area (Å²) in [6.45, 7) is 9.76. The Morgan fingerprint density at radius 1 is 0.600 bits per heavy atom. The predicted octanol–water partition coefficient (Wildman–Crippen LogP) is 3.98. The number of hydrogen-bond donors (Lipinski definition) is 1. The van der Waals surface area contributed by atoms with Crippen molar-refractivity contribution in [1.82, 2.24) is 0 Å². The number of esters is 4. The monoisotopic (exact) mass is 481 g/mol. The highest BCUT2D eigenvalue weighted by molar-refractivity contribution is 5.91. The third-order valence-corrected chi connectivity index (χ3v) is 4.33. The first-order chi connectivity index (χ1) is 16.7. The molecule has 2 aromatic rings. The van der Waals surface area contributed by atoms with Crippen LogP contribution in [0.5, 0.6) is 0 Å². The second-order valence-electron chi connectivity index (χ2n) is 7.38. The van der Waals surface area contributed by atoms with Gasteiger partial charge in [0, 0.05) is 22.5 Å². The van der Waals surface area contributed by atoms with Gasteiger partial charge in [-0.3, -0.25) is 0 Å². The smallest absolute Gasteiger partial charge is 0.338 e. The van der Waals surface area contributed by atoms with E-state index in [-0.39, 0.29) is 37.6 Å². The first-order valence-electron chi connectivity index (χ1n) is 10.6. The van der Waals surface area contributed by atoms with Gasteiger partial charge in [-0.05, 0) is 62.4 Å². The van der Waals surface area contributed by atoms with Crippen LogP contribution in [0.3, 0.4) is 0 Å². The van der Waals surface area contributed by atoms with Gasteiger partial charge in [-0.25, -0.2) is 19.2 Å². The van der Waals surface area contributed by atoms with Crippen LogP contribution in [0.15, 0.2) is 72.8 Å². The molecule has 0 aliphatic rings. The molecule has 0 atom stereocenters. The molecule has 0 aromatic heterocycles. The average Bonchev–Trinajstić information content (AvgIpc) is 2.84. The lowest BCUT2D eigenvalue weighted by molar-refractivity contribution is -0.140. The first-order valence-corrected chi connectivity index (χ1v) is 10.6. The molecule has 0 radical (unpaired) electrons. The van der Waals surface area contributed by atoms with Gasteiger partial charge in [-0.2, -0.15) is 0 Å². The molecule has 1 N–H and O–H groups in total. The van der Waals surface area contributed by atoms with Crippen molar-refractivity contribution >= 4 is 35.3 Å². The van der Waals surface area contributed by atoms with E-state index in [0.717, 1.165) is 0 Å². The summed E-state index contributed by atoms with van der Waals surface area (Å²) in [4.78, 5) is 46.7. The number of ether oxygens (including phenoxy) is 4. The minimum Gasteiger partial charge on any atom is -0.459 e. The summed E-state index contributed by atoms with van der Waals surface area (Å²) in [7, 11) is 0. The first kappa shape index (κ1) is 26.8. The summed E-state index contributed by atoms with van der Waals surface area (Å²) in [5.74, 6) is -2.16. The third kappa shape index (κ3) is 9.17. The van der Waals surface area contributed by atoms with Crippen molar-refractivity contribution in [2.24, 2.45) is 0 Å². The molecule has 9 heteroatoms. The van der Waals surface area contributed by atoms with Crippen LogP contribution in [-0.2, 0) is 28.5 Å². The van der Waals surface area contributed by atoms with E-state index in [1.54, 1.807) is 48.5 Å². The number of benzene rings is 2. The van der Waals surface area contributed by atoms with E-state index in [1.807, 2.05) is 0 Å². The van der Waals surface area contributed by atoms with Crippen LogP contribution in [0.4, 0.5) is 11.4 Å². The predicted molar refractivity (Wildman–Crippen MR) is 128 cm³/mol. The SMILES string of the molecule is C=C(C)C(=O)OCCOC(=O)c1ccc(Nc2ccc(C(=O)OCCOC(=O)C(=C)C)cc2)cc1. The Labute approximate surface area is 203 Å². The van der Waals surface area contributed by atoms with E-state index in [4.69, 9.17) is 18.9 Å². The maximum atomic E-state index is 12.1. The summed E-state index contributed by atoms with van der Waals surface area (Å²) >= 11 is 0. The highest BCUT2D eigenvalue weighted by Crippen LogP contribution is 2.18. The van der Waals surface area contributed by atoms with Gasteiger partial charge in [0.15, 0.2) is 0 Å². The summed E-state index contributed by atoms with van der Waals surface area (Å²) < 4.78 is 19.9. The van der Waals surface area contributed by atoms with E-state index in [0.29, 0.717) is 22.5 Å². The molecule has 35 heavy (non-hydrogen) atoms. The molecule has 2 aromatic carbocycles. The Bertz CT molecular complexity index is 1000. The minimum absolute atomic E-state index is 0.0525. The molecular weight excluding hydrogens is 454 g/mol. The van der Waals surface area contributed by atoms with Gasteiger partial charge in [0.25, 0.3) is 0 Å². The van der Waals surface area contributed by atoms with Gasteiger partial charge < -0.3 is 24.3 Å². The zero-order valence-corrected chi connectivity index (χ0v) is 19.6. The summed E-state index contributed by atoms with van der Waals surface area (Å²) in [6.07, 6.45) is 0. The van der Waals surface area contributed by atoms with Crippen LogP contribution in [0.2, 0.25) is 0 Å². The van der Waals surface area contributed by atoms with Gasteiger partial charge in [0.2, 0.25) is 0 Å². The van der Waals surface area contributed by atoms with Gasteiger partial charge >= 0.3 is 23.9 Å². The summed E-state index contributed by atoms with van der Waals surface area (Å²) in [5, 5.41) is 3.15. The normalized spacial score (nSPS) is 10.0. The van der Waals surface area contributed by atoms with Crippen LogP contribution in [0, 0.1) is 0 Å². The van der Waals surface area contributed by atoms with Crippen molar-refractivity contribution in [3.63, 3.8) is 0 Å². The minimum atomic E-state index is -0.541. The van der Waals surface area contributed by atoms with Crippen molar-refractivity contribution in [2.75, 3.05) is 31.7 Å². The average molecular weight is 482 g/mol. The summed E-state index contributed by atoms with van der Waals surface area (Å²) in [6, 6.07) is 13.2. The van der Waals surface area contributed by atoms with Crippen LogP contribution in [-0.4, -0.2) is 50.3 Å². The zero-order chi connectivity index (χ0) is 25.8. The maximum Gasteiger partial charge on any atom is 0.338 e. The molecule has 0 unspecified atom stereocenters. The molecule has 0 bridgehead atoms. The molecule has 2 rings (SSSR count). The molecule has 0 spiro atoms. The quantitative estimate of drug-likeness (QED) is 0.208. The Morgan fingerprint density at radius 3 is 1.23 bits per heavy atom. The lowest BCUT2D eigenvalue weighted by atomic mass is 10.2. The van der Waals surface area contributed by atoms with Gasteiger partial charge in [-0.1, -0.05) is 13.2 Å². The standard InChI is InChI=1S/C26H27NO8/c1-17(2)23(28)32-13-15-34-25(30)19-5-9-21(10-6-19)27-22-11-7-20(8-12-22)26(31)35-16-14-33-24(29)18(3)4/h5-12,27H,1,3,13-16H2,2,4H3. The van der Waals surface area contributed by atoms with Crippen molar-refractivity contribution in [3.8, 4) is 0 Å². The molecule has 0 amide bonds. The largest absolute Gasteiger partial charge is 0.459 e. The fourth-order valence-electron chi connectivity index (χ4n) is 2.50. The molecule has 184 valence electrons. The van der Waals surface area contributed by atoms with Gasteiger partial charge in [0.05, 0.1) is 11.1 Å². The van der Waals surface area contributed by atoms with Crippen LogP contribution >= 0.6 is 0 Å². The van der Waals surface area contributed by atoms with Gasteiger partial charge in [0.1, 0.15) is 26.4 Å². The van der Waals surface area contributed by atoms with Crippen molar-refractivity contribution < 1.29 is 38.1 Å². The third-order valence-electron chi connectivity index (χ3n) is 4.33. The van der Waals surface area contributed by atoms with Crippen LogP contribution in [0.1, 0.15) is 34.6 Å². The molecule has 0 aliphatic carbocycles. The lowest BCUT2D eigenvalue weighted by Crippen LogP contribution is -2.14. The molecule has 9 nitrogen and oxygen atoms in total. The topological polar surface area (TPSA) is 117 Å². The molecule has 0 aliphatic heterocycles. The highest BCUT2D eigenvalue weighted by Gasteiger charge is 2.10. The molecular formula is C26H27NO8. The molecule has 0 heterocycles. The Hall–Kier alpha value is -4.40. The number of anilines is 2. The number of carbonyl (C=O) groups excluding carboxylic acids is 4. The number of hydrogen-bond acceptors (Lipinski definition) is 9. The fourth-order valence-corrected chi connectivity index (χ4v) is 2.50. The van der Waals surface area contributed by atoms with Crippen molar-refractivity contribution in [3.05, 3.63) is 84.0 Å². The number of nitrogens with one attached hydrogen (secondary N) is 1. The number of rotatable bonds is 12. The van der Waals surface area contributed by atoms with E-state index < -0.39 is 23.9 Å². The molecule has 0 saturated carbocycles. The Kier molecular flexibility index (Phi) is 10.2. The van der Waals surface area contributed by atoms with E-state index in [2.05, 4.69) is 18.5 Å². The van der Waals surface area contributed by atoms with E-state index in [1.165, 1.54) is 13.8 Å². The van der Waals surface area contributed by atoms with Gasteiger partial charge in [-0.15, -0.1) is 0 Å². The highest BCUT2D eigenvalue weighted by atomic mass is 16.6. The molecule has 0 fully saturated rings. The lowest BCUT2D eigenvalue weighted by Gasteiger charge is -2.09. The Morgan fingerprint density at radius 2 is 0.914 bits per heavy atom. The second-order valence-corrected chi connectivity index (χ2v) is 7.38. The zero-order valence-electron chi connectivity index (χ0n) is 19.6. The maximum absolute atomic E-state index is 12.1. The van der Waals surface area contributed by atoms with E-state index >= 15 is 0 Å².